The smallest absolute Gasteiger partial charge is 0.240 e. The number of hydrogen-bond donors (Lipinski definition) is 1. The Balaban J connectivity index is 2.11. The van der Waals surface area contributed by atoms with Crippen LogP contribution < -0.4 is 5.73 Å². The maximum Gasteiger partial charge on any atom is 0.240 e. The molecule has 0 saturated carbocycles. The lowest BCUT2D eigenvalue weighted by molar-refractivity contribution is -0.139. The van der Waals surface area contributed by atoms with Crippen LogP contribution in [0.25, 0.3) is 0 Å². The van der Waals surface area contributed by atoms with Crippen LogP contribution in [0.4, 0.5) is 0 Å². The minimum Gasteiger partial charge on any atom is -0.368 e. The third kappa shape index (κ3) is 3.42. The molecule has 21 heavy (non-hydrogen) atoms. The van der Waals surface area contributed by atoms with Gasteiger partial charge in [0.15, 0.2) is 0 Å². The summed E-state index contributed by atoms with van der Waals surface area (Å²) in [5, 5.41) is 8.90. The monoisotopic (exact) mass is 305 g/mol. The average molecular weight is 305 g/mol. The molecule has 1 aromatic heterocycles. The largest absolute Gasteiger partial charge is 0.368 e. The van der Waals surface area contributed by atoms with Crippen molar-refractivity contribution in [2.45, 2.75) is 44.6 Å². The van der Waals surface area contributed by atoms with Crippen molar-refractivity contribution in [2.24, 2.45) is 5.73 Å². The maximum atomic E-state index is 12.2. The standard InChI is InChI=1S/C15H19N3O2S/c1-2-12(15(17)20)18-8-7-10(3-6-14(18)19)13-5-4-11(9-16)21-13/h4-5,10,12H,2-3,6-8H2,1H3,(H2,17,20). The number of nitrogens with two attached hydrogens (primary N) is 1. The fourth-order valence-corrected chi connectivity index (χ4v) is 3.80. The molecule has 2 N–H and O–H groups in total. The van der Waals surface area contributed by atoms with Gasteiger partial charge in [0, 0.05) is 17.8 Å². The van der Waals surface area contributed by atoms with Crippen molar-refractivity contribution in [3.63, 3.8) is 0 Å². The van der Waals surface area contributed by atoms with E-state index in [1.807, 2.05) is 19.1 Å². The van der Waals surface area contributed by atoms with Crippen LogP contribution in [0.3, 0.4) is 0 Å². The van der Waals surface area contributed by atoms with E-state index in [0.717, 1.165) is 17.7 Å². The first kappa shape index (κ1) is 15.5. The molecule has 2 amide bonds. The Morgan fingerprint density at radius 3 is 2.90 bits per heavy atom. The predicted molar refractivity (Wildman–Crippen MR) is 80.6 cm³/mol. The lowest BCUT2D eigenvalue weighted by Gasteiger charge is -2.27. The average Bonchev–Trinajstić information content (AvgIpc) is 2.86. The van der Waals surface area contributed by atoms with Crippen molar-refractivity contribution in [1.82, 2.24) is 4.90 Å². The minimum atomic E-state index is -0.505. The molecule has 2 rings (SSSR count). The third-order valence-corrected chi connectivity index (χ3v) is 5.13. The molecule has 0 radical (unpaired) electrons. The number of carbonyl (C=O) groups is 2. The first-order valence-electron chi connectivity index (χ1n) is 7.15. The van der Waals surface area contributed by atoms with Gasteiger partial charge in [-0.3, -0.25) is 9.59 Å². The molecule has 6 heteroatoms. The van der Waals surface area contributed by atoms with Gasteiger partial charge in [0.05, 0.1) is 0 Å². The van der Waals surface area contributed by atoms with Crippen molar-refractivity contribution >= 4 is 23.2 Å². The summed E-state index contributed by atoms with van der Waals surface area (Å²) < 4.78 is 0. The molecule has 0 bridgehead atoms. The highest BCUT2D eigenvalue weighted by atomic mass is 32.1. The van der Waals surface area contributed by atoms with Gasteiger partial charge < -0.3 is 10.6 Å². The van der Waals surface area contributed by atoms with Crippen molar-refractivity contribution in [3.8, 4) is 6.07 Å². The molecular formula is C15H19N3O2S. The quantitative estimate of drug-likeness (QED) is 0.922. The lowest BCUT2D eigenvalue weighted by atomic mass is 9.99. The van der Waals surface area contributed by atoms with Crippen LogP contribution in [0.5, 0.6) is 0 Å². The second-order valence-corrected chi connectivity index (χ2v) is 6.37. The summed E-state index contributed by atoms with van der Waals surface area (Å²) in [6.45, 7) is 2.41. The van der Waals surface area contributed by atoms with Gasteiger partial charge in [0.2, 0.25) is 11.8 Å². The van der Waals surface area contributed by atoms with Crippen LogP contribution in [0.1, 0.15) is 48.3 Å². The Bertz CT molecular complexity index is 576. The van der Waals surface area contributed by atoms with Crippen molar-refractivity contribution in [1.29, 1.82) is 5.26 Å². The molecular weight excluding hydrogens is 286 g/mol. The van der Waals surface area contributed by atoms with Gasteiger partial charge in [0.1, 0.15) is 17.0 Å². The SMILES string of the molecule is CCC(C(N)=O)N1CCC(c2ccc(C#N)s2)CCC1=O. The molecule has 1 saturated heterocycles. The Labute approximate surface area is 128 Å². The summed E-state index contributed by atoms with van der Waals surface area (Å²) in [7, 11) is 0. The molecule has 112 valence electrons. The Kier molecular flexibility index (Phi) is 4.97. The molecule has 0 aromatic carbocycles. The zero-order valence-corrected chi connectivity index (χ0v) is 12.9. The number of amides is 2. The first-order chi connectivity index (χ1) is 10.1. The van der Waals surface area contributed by atoms with Gasteiger partial charge in [-0.1, -0.05) is 6.92 Å². The van der Waals surface area contributed by atoms with E-state index in [-0.39, 0.29) is 11.8 Å². The van der Waals surface area contributed by atoms with Gasteiger partial charge in [-0.25, -0.2) is 0 Å². The Morgan fingerprint density at radius 2 is 2.33 bits per heavy atom. The molecule has 1 aromatic rings. The van der Waals surface area contributed by atoms with Gasteiger partial charge in [-0.15, -0.1) is 11.3 Å². The van der Waals surface area contributed by atoms with E-state index in [0.29, 0.717) is 24.3 Å². The number of nitrogens with zero attached hydrogens (tertiary/aromatic N) is 2. The minimum absolute atomic E-state index is 0.000197. The van der Waals surface area contributed by atoms with Crippen LogP contribution in [-0.2, 0) is 9.59 Å². The maximum absolute atomic E-state index is 12.2. The molecule has 1 fully saturated rings. The molecule has 0 aliphatic carbocycles. The number of rotatable bonds is 4. The van der Waals surface area contributed by atoms with Crippen LogP contribution in [0.15, 0.2) is 12.1 Å². The number of hydrogen-bond acceptors (Lipinski definition) is 4. The summed E-state index contributed by atoms with van der Waals surface area (Å²) in [5.74, 6) is -0.163. The number of primary amides is 1. The van der Waals surface area contributed by atoms with Crippen LogP contribution in [0.2, 0.25) is 0 Å². The second-order valence-electron chi connectivity index (χ2n) is 5.25. The summed E-state index contributed by atoms with van der Waals surface area (Å²) in [6, 6.07) is 5.43. The van der Waals surface area contributed by atoms with Crippen LogP contribution in [-0.4, -0.2) is 29.3 Å². The number of nitriles is 1. The van der Waals surface area contributed by atoms with E-state index >= 15 is 0 Å². The van der Waals surface area contributed by atoms with Crippen LogP contribution in [0, 0.1) is 11.3 Å². The highest BCUT2D eigenvalue weighted by Gasteiger charge is 2.30. The molecule has 0 spiro atoms. The van der Waals surface area contributed by atoms with Crippen molar-refractivity contribution in [3.05, 3.63) is 21.9 Å². The van der Waals surface area contributed by atoms with E-state index < -0.39 is 11.9 Å². The predicted octanol–water partition coefficient (Wildman–Crippen LogP) is 1.98. The summed E-state index contributed by atoms with van der Waals surface area (Å²) in [4.78, 5) is 27.2. The fraction of sp³-hybridized carbons (Fsp3) is 0.533. The highest BCUT2D eigenvalue weighted by Crippen LogP contribution is 2.33. The zero-order valence-electron chi connectivity index (χ0n) is 12.0. The number of likely N-dealkylation sites (tertiary alicyclic amines) is 1. The van der Waals surface area contributed by atoms with E-state index in [1.54, 1.807) is 4.90 Å². The Hall–Kier alpha value is -1.87. The van der Waals surface area contributed by atoms with Crippen molar-refractivity contribution in [2.75, 3.05) is 6.54 Å². The van der Waals surface area contributed by atoms with Gasteiger partial charge in [-0.05, 0) is 37.3 Å². The molecule has 1 aliphatic heterocycles. The summed E-state index contributed by atoms with van der Waals surface area (Å²) in [5.41, 5.74) is 5.39. The lowest BCUT2D eigenvalue weighted by Crippen LogP contribution is -2.47. The second kappa shape index (κ2) is 6.72. The topological polar surface area (TPSA) is 87.2 Å². The summed E-state index contributed by atoms with van der Waals surface area (Å²) >= 11 is 1.49. The highest BCUT2D eigenvalue weighted by molar-refractivity contribution is 7.12. The number of carbonyl (C=O) groups excluding carboxylic acids is 2. The number of thiophene rings is 1. The van der Waals surface area contributed by atoms with Gasteiger partial charge in [0.25, 0.3) is 0 Å². The third-order valence-electron chi connectivity index (χ3n) is 3.98. The fourth-order valence-electron chi connectivity index (χ4n) is 2.83. The molecule has 2 unspecified atom stereocenters. The molecule has 2 atom stereocenters. The normalized spacial score (nSPS) is 20.7. The van der Waals surface area contributed by atoms with Gasteiger partial charge >= 0.3 is 0 Å². The zero-order chi connectivity index (χ0) is 15.4. The molecule has 5 nitrogen and oxygen atoms in total. The van der Waals surface area contributed by atoms with Crippen molar-refractivity contribution < 1.29 is 9.59 Å². The Morgan fingerprint density at radius 1 is 1.57 bits per heavy atom. The van der Waals surface area contributed by atoms with E-state index in [2.05, 4.69) is 6.07 Å². The first-order valence-corrected chi connectivity index (χ1v) is 7.97. The molecule has 2 heterocycles. The van der Waals surface area contributed by atoms with E-state index in [9.17, 15) is 9.59 Å². The summed E-state index contributed by atoms with van der Waals surface area (Å²) in [6.07, 6.45) is 2.54. The molecule has 1 aliphatic rings. The van der Waals surface area contributed by atoms with Gasteiger partial charge in [-0.2, -0.15) is 5.26 Å². The van der Waals surface area contributed by atoms with Crippen LogP contribution >= 0.6 is 11.3 Å². The van der Waals surface area contributed by atoms with E-state index in [4.69, 9.17) is 11.0 Å². The van der Waals surface area contributed by atoms with E-state index in [1.165, 1.54) is 11.3 Å².